The van der Waals surface area contributed by atoms with Crippen molar-refractivity contribution in [3.05, 3.63) is 60.6 Å². The molecule has 0 radical (unpaired) electrons. The zero-order valence-corrected chi connectivity index (χ0v) is 16.0. The van der Waals surface area contributed by atoms with Crippen LogP contribution in [0.4, 0.5) is 0 Å². The molecule has 0 saturated heterocycles. The normalized spacial score (nSPS) is 12.3. The maximum absolute atomic E-state index is 6.09. The second-order valence-electron chi connectivity index (χ2n) is 3.91. The average molecular weight is 516 g/mol. The number of rotatable bonds is 3. The Morgan fingerprint density at radius 2 is 1.89 bits per heavy atom. The van der Waals surface area contributed by atoms with Crippen LogP contribution in [0, 0.1) is 3.57 Å². The molecular formula is C14H10Br2ClIO. The summed E-state index contributed by atoms with van der Waals surface area (Å²) in [5.41, 5.74) is 2.16. The van der Waals surface area contributed by atoms with Crippen LogP contribution in [0.2, 0.25) is 5.02 Å². The maximum atomic E-state index is 6.09. The molecule has 2 aromatic rings. The highest BCUT2D eigenvalue weighted by Crippen LogP contribution is 2.41. The highest BCUT2D eigenvalue weighted by molar-refractivity contribution is 14.1. The molecule has 0 aliphatic heterocycles. The van der Waals surface area contributed by atoms with Gasteiger partial charge in [-0.15, -0.1) is 0 Å². The molecule has 0 heterocycles. The smallest absolute Gasteiger partial charge is 0.123 e. The predicted molar refractivity (Wildman–Crippen MR) is 95.6 cm³/mol. The van der Waals surface area contributed by atoms with Gasteiger partial charge in [0.15, 0.2) is 0 Å². The number of benzene rings is 2. The molecule has 5 heteroatoms. The minimum atomic E-state index is 0.0187. The summed E-state index contributed by atoms with van der Waals surface area (Å²) < 4.78 is 7.64. The van der Waals surface area contributed by atoms with Crippen molar-refractivity contribution in [3.63, 3.8) is 0 Å². The molecule has 0 fully saturated rings. The van der Waals surface area contributed by atoms with Crippen LogP contribution in [0.3, 0.4) is 0 Å². The van der Waals surface area contributed by atoms with Gasteiger partial charge in [-0.1, -0.05) is 43.5 Å². The second-order valence-corrected chi connectivity index (χ2v) is 7.37. The van der Waals surface area contributed by atoms with Gasteiger partial charge in [-0.2, -0.15) is 0 Å². The Labute approximate surface area is 148 Å². The Morgan fingerprint density at radius 1 is 1.16 bits per heavy atom. The van der Waals surface area contributed by atoms with Gasteiger partial charge in [0.25, 0.3) is 0 Å². The zero-order valence-electron chi connectivity index (χ0n) is 9.96. The van der Waals surface area contributed by atoms with E-state index in [1.54, 1.807) is 7.11 Å². The van der Waals surface area contributed by atoms with Crippen molar-refractivity contribution in [2.45, 2.75) is 4.83 Å². The summed E-state index contributed by atoms with van der Waals surface area (Å²) in [5.74, 6) is 0.817. The number of halogens is 4. The standard InChI is InChI=1S/C14H10Br2ClIO/c1-19-13-5-2-8(17)6-11(13)14(16)10-7-9(18)3-4-12(10)15/h2-7,14H,1H3. The summed E-state index contributed by atoms with van der Waals surface area (Å²) in [5, 5.41) is 0.696. The molecule has 0 aliphatic carbocycles. The van der Waals surface area contributed by atoms with Gasteiger partial charge in [-0.05, 0) is 64.6 Å². The fraction of sp³-hybridized carbons (Fsp3) is 0.143. The highest BCUT2D eigenvalue weighted by Gasteiger charge is 2.18. The minimum absolute atomic E-state index is 0.0187. The third-order valence-corrected chi connectivity index (χ3v) is 5.31. The van der Waals surface area contributed by atoms with Gasteiger partial charge in [-0.3, -0.25) is 0 Å². The SMILES string of the molecule is COc1ccc(Cl)cc1C(Br)c1cc(I)ccc1Br. The zero-order chi connectivity index (χ0) is 14.0. The van der Waals surface area contributed by atoms with Gasteiger partial charge in [0.2, 0.25) is 0 Å². The highest BCUT2D eigenvalue weighted by atomic mass is 127. The van der Waals surface area contributed by atoms with E-state index in [9.17, 15) is 0 Å². The van der Waals surface area contributed by atoms with E-state index in [0.717, 1.165) is 21.3 Å². The molecule has 0 spiro atoms. The van der Waals surface area contributed by atoms with Gasteiger partial charge in [-0.25, -0.2) is 0 Å². The molecule has 0 bridgehead atoms. The third kappa shape index (κ3) is 3.65. The summed E-state index contributed by atoms with van der Waals surface area (Å²) in [4.78, 5) is 0.0187. The Bertz CT molecular complexity index is 604. The molecule has 0 saturated carbocycles. The maximum Gasteiger partial charge on any atom is 0.123 e. The number of hydrogen-bond donors (Lipinski definition) is 0. The molecule has 2 rings (SSSR count). The van der Waals surface area contributed by atoms with Crippen molar-refractivity contribution < 1.29 is 4.74 Å². The molecular weight excluding hydrogens is 506 g/mol. The van der Waals surface area contributed by atoms with E-state index in [1.807, 2.05) is 24.3 Å². The molecule has 1 atom stereocenters. The molecule has 1 unspecified atom stereocenters. The summed E-state index contributed by atoms with van der Waals surface area (Å²) in [6.07, 6.45) is 0. The molecule has 19 heavy (non-hydrogen) atoms. The van der Waals surface area contributed by atoms with Gasteiger partial charge in [0.05, 0.1) is 11.9 Å². The molecule has 0 N–H and O–H groups in total. The Morgan fingerprint density at radius 3 is 2.58 bits per heavy atom. The lowest BCUT2D eigenvalue weighted by Crippen LogP contribution is -1.98. The molecule has 1 nitrogen and oxygen atoms in total. The molecule has 0 aromatic heterocycles. The van der Waals surface area contributed by atoms with Crippen LogP contribution >= 0.6 is 66.1 Å². The van der Waals surface area contributed by atoms with Crippen LogP contribution in [0.5, 0.6) is 5.75 Å². The van der Waals surface area contributed by atoms with E-state index in [1.165, 1.54) is 3.57 Å². The van der Waals surface area contributed by atoms with E-state index in [-0.39, 0.29) is 4.83 Å². The van der Waals surface area contributed by atoms with E-state index in [2.05, 4.69) is 66.6 Å². The summed E-state index contributed by atoms with van der Waals surface area (Å²) >= 11 is 15.7. The van der Waals surface area contributed by atoms with Crippen molar-refractivity contribution in [2.24, 2.45) is 0 Å². The fourth-order valence-corrected chi connectivity index (χ4v) is 3.99. The van der Waals surface area contributed by atoms with Gasteiger partial charge in [0, 0.05) is 18.6 Å². The first-order valence-corrected chi connectivity index (χ1v) is 8.62. The van der Waals surface area contributed by atoms with E-state index in [4.69, 9.17) is 16.3 Å². The van der Waals surface area contributed by atoms with Crippen LogP contribution in [-0.2, 0) is 0 Å². The van der Waals surface area contributed by atoms with Gasteiger partial charge >= 0.3 is 0 Å². The second kappa shape index (κ2) is 6.78. The summed E-state index contributed by atoms with van der Waals surface area (Å²) in [6, 6.07) is 11.9. The van der Waals surface area contributed by atoms with E-state index in [0.29, 0.717) is 5.02 Å². The molecule has 0 amide bonds. The number of alkyl halides is 1. The van der Waals surface area contributed by atoms with Crippen LogP contribution in [0.15, 0.2) is 40.9 Å². The summed E-state index contributed by atoms with van der Waals surface area (Å²) in [7, 11) is 1.66. The quantitative estimate of drug-likeness (QED) is 0.349. The van der Waals surface area contributed by atoms with Crippen molar-refractivity contribution in [2.75, 3.05) is 7.11 Å². The first-order valence-electron chi connectivity index (χ1n) is 5.45. The molecule has 100 valence electrons. The van der Waals surface area contributed by atoms with E-state index < -0.39 is 0 Å². The lowest BCUT2D eigenvalue weighted by molar-refractivity contribution is 0.410. The molecule has 0 aliphatic rings. The van der Waals surface area contributed by atoms with Gasteiger partial charge < -0.3 is 4.74 Å². The van der Waals surface area contributed by atoms with Gasteiger partial charge in [0.1, 0.15) is 5.75 Å². The van der Waals surface area contributed by atoms with Crippen molar-refractivity contribution in [1.29, 1.82) is 0 Å². The lowest BCUT2D eigenvalue weighted by Gasteiger charge is -2.16. The van der Waals surface area contributed by atoms with Crippen molar-refractivity contribution in [3.8, 4) is 5.75 Å². The summed E-state index contributed by atoms with van der Waals surface area (Å²) in [6.45, 7) is 0. The Hall–Kier alpha value is 0.220. The fourth-order valence-electron chi connectivity index (χ4n) is 1.78. The van der Waals surface area contributed by atoms with Crippen LogP contribution in [0.1, 0.15) is 16.0 Å². The number of ether oxygens (including phenoxy) is 1. The predicted octanol–water partition coefficient (Wildman–Crippen LogP) is 6.20. The van der Waals surface area contributed by atoms with E-state index >= 15 is 0 Å². The Balaban J connectivity index is 2.51. The topological polar surface area (TPSA) is 9.23 Å². The largest absolute Gasteiger partial charge is 0.496 e. The van der Waals surface area contributed by atoms with Crippen molar-refractivity contribution >= 4 is 66.1 Å². The lowest BCUT2D eigenvalue weighted by atomic mass is 10.0. The molecule has 2 aromatic carbocycles. The first-order chi connectivity index (χ1) is 9.02. The number of hydrogen-bond acceptors (Lipinski definition) is 1. The monoisotopic (exact) mass is 514 g/mol. The van der Waals surface area contributed by atoms with Crippen LogP contribution in [0.25, 0.3) is 0 Å². The number of methoxy groups -OCH3 is 1. The minimum Gasteiger partial charge on any atom is -0.496 e. The Kier molecular flexibility index (Phi) is 5.57. The van der Waals surface area contributed by atoms with Crippen molar-refractivity contribution in [1.82, 2.24) is 0 Å². The van der Waals surface area contributed by atoms with Crippen LogP contribution < -0.4 is 4.74 Å². The third-order valence-electron chi connectivity index (χ3n) is 2.70. The average Bonchev–Trinajstić information content (AvgIpc) is 2.40. The van der Waals surface area contributed by atoms with Crippen LogP contribution in [-0.4, -0.2) is 7.11 Å². The first kappa shape index (κ1) is 15.6.